The number of allylic oxidation sites excluding steroid dienone is 1. The van der Waals surface area contributed by atoms with Gasteiger partial charge in [-0.3, -0.25) is 4.79 Å². The standard InChI is InChI=1S/C17H20O5/c1-17(2)10-15(18)14(16(19)22-17)6-5-11-7-12(20-3)9-13(8-11)21-4/h6-9H,5,10H2,1-4H3/b14-6-. The van der Waals surface area contributed by atoms with Crippen molar-refractivity contribution in [2.24, 2.45) is 0 Å². The summed E-state index contributed by atoms with van der Waals surface area (Å²) >= 11 is 0. The highest BCUT2D eigenvalue weighted by Crippen LogP contribution is 2.27. The monoisotopic (exact) mass is 304 g/mol. The van der Waals surface area contributed by atoms with E-state index in [1.54, 1.807) is 40.2 Å². The predicted molar refractivity (Wildman–Crippen MR) is 81.1 cm³/mol. The Morgan fingerprint density at radius 1 is 1.14 bits per heavy atom. The normalized spacial score (nSPS) is 19.0. The van der Waals surface area contributed by atoms with Crippen LogP contribution in [0.5, 0.6) is 11.5 Å². The van der Waals surface area contributed by atoms with Gasteiger partial charge in [-0.15, -0.1) is 0 Å². The summed E-state index contributed by atoms with van der Waals surface area (Å²) in [6.07, 6.45) is 2.23. The average Bonchev–Trinajstić information content (AvgIpc) is 2.44. The minimum absolute atomic E-state index is 0.112. The van der Waals surface area contributed by atoms with Crippen LogP contribution in [-0.2, 0) is 20.7 Å². The number of benzene rings is 1. The molecule has 0 atom stereocenters. The van der Waals surface area contributed by atoms with Crippen molar-refractivity contribution < 1.29 is 23.8 Å². The van der Waals surface area contributed by atoms with E-state index in [9.17, 15) is 9.59 Å². The first-order chi connectivity index (χ1) is 10.3. The van der Waals surface area contributed by atoms with Gasteiger partial charge in [-0.2, -0.15) is 0 Å². The quantitative estimate of drug-likeness (QED) is 0.486. The van der Waals surface area contributed by atoms with E-state index in [0.29, 0.717) is 17.9 Å². The van der Waals surface area contributed by atoms with Crippen molar-refractivity contribution >= 4 is 11.8 Å². The third kappa shape index (κ3) is 3.67. The molecule has 22 heavy (non-hydrogen) atoms. The van der Waals surface area contributed by atoms with Gasteiger partial charge < -0.3 is 14.2 Å². The summed E-state index contributed by atoms with van der Waals surface area (Å²) in [6, 6.07) is 5.43. The molecule has 1 saturated heterocycles. The number of rotatable bonds is 4. The molecule has 1 aromatic carbocycles. The van der Waals surface area contributed by atoms with Crippen LogP contribution in [0.25, 0.3) is 0 Å². The number of cyclic esters (lactones) is 1. The number of carbonyl (C=O) groups is 2. The van der Waals surface area contributed by atoms with Gasteiger partial charge in [0.05, 0.1) is 26.2 Å². The Kier molecular flexibility index (Phi) is 4.54. The largest absolute Gasteiger partial charge is 0.497 e. The lowest BCUT2D eigenvalue weighted by molar-refractivity contribution is -0.159. The van der Waals surface area contributed by atoms with Gasteiger partial charge in [-0.25, -0.2) is 4.79 Å². The summed E-state index contributed by atoms with van der Waals surface area (Å²) in [5.74, 6) is 0.574. The van der Waals surface area contributed by atoms with Crippen molar-refractivity contribution in [1.29, 1.82) is 0 Å². The van der Waals surface area contributed by atoms with Gasteiger partial charge in [0, 0.05) is 6.07 Å². The number of ether oxygens (including phenoxy) is 3. The van der Waals surface area contributed by atoms with Crippen molar-refractivity contribution in [2.75, 3.05) is 14.2 Å². The Morgan fingerprint density at radius 3 is 2.23 bits per heavy atom. The summed E-state index contributed by atoms with van der Waals surface area (Å²) in [6.45, 7) is 3.46. The van der Waals surface area contributed by atoms with Crippen molar-refractivity contribution in [3.8, 4) is 11.5 Å². The number of hydrogen-bond acceptors (Lipinski definition) is 5. The first-order valence-electron chi connectivity index (χ1n) is 7.03. The van der Waals surface area contributed by atoms with Crippen LogP contribution < -0.4 is 9.47 Å². The summed E-state index contributed by atoms with van der Waals surface area (Å²) in [4.78, 5) is 24.0. The molecule has 118 valence electrons. The number of Topliss-reactive ketones (excluding diaryl/α,β-unsaturated/α-hetero) is 1. The van der Waals surface area contributed by atoms with E-state index in [4.69, 9.17) is 14.2 Å². The first kappa shape index (κ1) is 16.1. The van der Waals surface area contributed by atoms with E-state index >= 15 is 0 Å². The molecule has 1 heterocycles. The van der Waals surface area contributed by atoms with Gasteiger partial charge in [0.2, 0.25) is 0 Å². The van der Waals surface area contributed by atoms with Crippen molar-refractivity contribution in [3.05, 3.63) is 35.4 Å². The number of ketones is 1. The number of hydrogen-bond donors (Lipinski definition) is 0. The number of esters is 1. The maximum absolute atomic E-state index is 12.1. The van der Waals surface area contributed by atoms with Crippen LogP contribution in [0, 0.1) is 0 Å². The molecule has 5 heteroatoms. The zero-order chi connectivity index (χ0) is 16.3. The molecular formula is C17H20O5. The van der Waals surface area contributed by atoms with Crippen molar-refractivity contribution in [3.63, 3.8) is 0 Å². The first-order valence-corrected chi connectivity index (χ1v) is 7.03. The maximum Gasteiger partial charge on any atom is 0.341 e. The maximum atomic E-state index is 12.1. The second-order valence-electron chi connectivity index (χ2n) is 5.79. The third-order valence-electron chi connectivity index (χ3n) is 3.43. The fraction of sp³-hybridized carbons (Fsp3) is 0.412. The fourth-order valence-electron chi connectivity index (χ4n) is 2.34. The molecule has 0 radical (unpaired) electrons. The van der Waals surface area contributed by atoms with Crippen LogP contribution in [0.4, 0.5) is 0 Å². The van der Waals surface area contributed by atoms with Crippen molar-refractivity contribution in [2.45, 2.75) is 32.3 Å². The van der Waals surface area contributed by atoms with E-state index in [1.165, 1.54) is 0 Å². The Bertz CT molecular complexity index is 584. The molecule has 1 aliphatic rings. The molecule has 0 N–H and O–H groups in total. The molecule has 1 fully saturated rings. The predicted octanol–water partition coefficient (Wildman–Crippen LogP) is 2.47. The van der Waals surface area contributed by atoms with E-state index in [-0.39, 0.29) is 17.8 Å². The average molecular weight is 304 g/mol. The molecule has 1 aliphatic heterocycles. The van der Waals surface area contributed by atoms with Crippen LogP contribution in [0.2, 0.25) is 0 Å². The molecule has 0 aliphatic carbocycles. The molecule has 0 saturated carbocycles. The lowest BCUT2D eigenvalue weighted by Crippen LogP contribution is -2.39. The topological polar surface area (TPSA) is 61.8 Å². The molecule has 0 spiro atoms. The van der Waals surface area contributed by atoms with Crippen molar-refractivity contribution in [1.82, 2.24) is 0 Å². The van der Waals surface area contributed by atoms with Crippen LogP contribution in [-0.4, -0.2) is 31.6 Å². The molecule has 2 rings (SSSR count). The Hall–Kier alpha value is -2.30. The molecular weight excluding hydrogens is 284 g/mol. The van der Waals surface area contributed by atoms with Gasteiger partial charge in [0.15, 0.2) is 5.78 Å². The number of methoxy groups -OCH3 is 2. The Labute approximate surface area is 129 Å². The zero-order valence-electron chi connectivity index (χ0n) is 13.3. The van der Waals surface area contributed by atoms with E-state index < -0.39 is 11.6 Å². The van der Waals surface area contributed by atoms with Gasteiger partial charge >= 0.3 is 5.97 Å². The molecule has 0 bridgehead atoms. The SMILES string of the molecule is COc1cc(C/C=C2/C(=O)CC(C)(C)OC2=O)cc(OC)c1. The highest BCUT2D eigenvalue weighted by atomic mass is 16.6. The van der Waals surface area contributed by atoms with Crippen LogP contribution >= 0.6 is 0 Å². The van der Waals surface area contributed by atoms with Crippen LogP contribution in [0.3, 0.4) is 0 Å². The molecule has 0 amide bonds. The van der Waals surface area contributed by atoms with Gasteiger partial charge in [0.25, 0.3) is 0 Å². The van der Waals surface area contributed by atoms with E-state index in [1.807, 2.05) is 12.1 Å². The highest BCUT2D eigenvalue weighted by Gasteiger charge is 2.36. The molecule has 0 aromatic heterocycles. The van der Waals surface area contributed by atoms with Crippen LogP contribution in [0.15, 0.2) is 29.8 Å². The zero-order valence-corrected chi connectivity index (χ0v) is 13.3. The lowest BCUT2D eigenvalue weighted by atomic mass is 9.92. The summed E-state index contributed by atoms with van der Waals surface area (Å²) < 4.78 is 15.7. The fourth-order valence-corrected chi connectivity index (χ4v) is 2.34. The molecule has 0 unspecified atom stereocenters. The van der Waals surface area contributed by atoms with Gasteiger partial charge in [-0.1, -0.05) is 6.08 Å². The minimum atomic E-state index is -0.731. The van der Waals surface area contributed by atoms with Gasteiger partial charge in [-0.05, 0) is 38.0 Å². The smallest absolute Gasteiger partial charge is 0.341 e. The second-order valence-corrected chi connectivity index (χ2v) is 5.79. The highest BCUT2D eigenvalue weighted by molar-refractivity contribution is 6.19. The molecule has 1 aromatic rings. The molecule has 5 nitrogen and oxygen atoms in total. The minimum Gasteiger partial charge on any atom is -0.497 e. The third-order valence-corrected chi connectivity index (χ3v) is 3.43. The second kappa shape index (κ2) is 6.22. The number of carbonyl (C=O) groups excluding carboxylic acids is 2. The Morgan fingerprint density at radius 2 is 1.73 bits per heavy atom. The van der Waals surface area contributed by atoms with Gasteiger partial charge in [0.1, 0.15) is 17.1 Å². The van der Waals surface area contributed by atoms with E-state index in [2.05, 4.69) is 0 Å². The summed E-state index contributed by atoms with van der Waals surface area (Å²) in [7, 11) is 3.14. The summed E-state index contributed by atoms with van der Waals surface area (Å²) in [5, 5.41) is 0. The lowest BCUT2D eigenvalue weighted by Gasteiger charge is -2.29. The summed E-state index contributed by atoms with van der Waals surface area (Å²) in [5.41, 5.74) is 0.264. The Balaban J connectivity index is 2.21. The van der Waals surface area contributed by atoms with Crippen LogP contribution in [0.1, 0.15) is 25.8 Å². The van der Waals surface area contributed by atoms with E-state index in [0.717, 1.165) is 5.56 Å².